The number of hydrogen-bond acceptors (Lipinski definition) is 3. The van der Waals surface area contributed by atoms with Crippen LogP contribution in [0.4, 0.5) is 0 Å². The fourth-order valence-corrected chi connectivity index (χ4v) is 3.85. The summed E-state index contributed by atoms with van der Waals surface area (Å²) in [5.41, 5.74) is 2.40. The monoisotopic (exact) mass is 468 g/mol. The molecule has 3 aliphatic rings. The highest BCUT2D eigenvalue weighted by Crippen LogP contribution is 2.30. The Hall–Kier alpha value is -0.640. The number of ether oxygens (including phenoxy) is 3. The van der Waals surface area contributed by atoms with Crippen LogP contribution in [0.2, 0.25) is 0 Å². The van der Waals surface area contributed by atoms with E-state index in [-0.39, 0.29) is 20.3 Å². The molecule has 3 unspecified atom stereocenters. The van der Waals surface area contributed by atoms with Crippen molar-refractivity contribution in [3.8, 4) is 0 Å². The Morgan fingerprint density at radius 1 is 0.667 bits per heavy atom. The van der Waals surface area contributed by atoms with Gasteiger partial charge in [-0.05, 0) is 55.3 Å². The largest absolute Gasteiger partial charge is 0.378 e. The molecule has 0 spiro atoms. The third-order valence-corrected chi connectivity index (χ3v) is 6.22. The lowest BCUT2D eigenvalue weighted by Gasteiger charge is -2.33. The Morgan fingerprint density at radius 3 is 1.52 bits per heavy atom. The third-order valence-electron chi connectivity index (χ3n) is 6.22. The zero-order valence-corrected chi connectivity index (χ0v) is 22.3. The van der Waals surface area contributed by atoms with Crippen LogP contribution < -0.4 is 0 Å². The minimum absolute atomic E-state index is 0. The van der Waals surface area contributed by atoms with E-state index in [0.717, 1.165) is 32.7 Å². The van der Waals surface area contributed by atoms with Crippen LogP contribution in [0.25, 0.3) is 0 Å². The molecule has 0 radical (unpaired) electrons. The number of rotatable bonds is 0. The van der Waals surface area contributed by atoms with Crippen molar-refractivity contribution in [3.05, 3.63) is 23.8 Å². The highest BCUT2D eigenvalue weighted by molar-refractivity contribution is 5.04. The quantitative estimate of drug-likeness (QED) is 0.332. The SMILES string of the molecule is C.C.CC(C)(C)C1CC=CCO1.CC(C)(C)C1CCCCO1.CC1=CCOC(C(C)(C)C)C1. The Kier molecular flexibility index (Phi) is 16.1. The van der Waals surface area contributed by atoms with Crippen molar-refractivity contribution in [3.63, 3.8) is 0 Å². The molecule has 0 aliphatic carbocycles. The van der Waals surface area contributed by atoms with Crippen LogP contribution in [0.1, 0.15) is 116 Å². The zero-order valence-electron chi connectivity index (χ0n) is 22.3. The van der Waals surface area contributed by atoms with Crippen molar-refractivity contribution in [2.24, 2.45) is 16.2 Å². The molecule has 1 fully saturated rings. The zero-order chi connectivity index (χ0) is 23.7. The summed E-state index contributed by atoms with van der Waals surface area (Å²) in [6, 6.07) is 0. The molecule has 3 nitrogen and oxygen atoms in total. The second-order valence-corrected chi connectivity index (χ2v) is 12.6. The number of hydrogen-bond donors (Lipinski definition) is 0. The molecule has 3 heterocycles. The van der Waals surface area contributed by atoms with Gasteiger partial charge in [0.15, 0.2) is 0 Å². The average Bonchev–Trinajstić information content (AvgIpc) is 2.68. The van der Waals surface area contributed by atoms with Gasteiger partial charge in [0.2, 0.25) is 0 Å². The van der Waals surface area contributed by atoms with Gasteiger partial charge >= 0.3 is 0 Å². The summed E-state index contributed by atoms with van der Waals surface area (Å²) in [5.74, 6) is 0. The maximum atomic E-state index is 5.64. The minimum atomic E-state index is 0. The van der Waals surface area contributed by atoms with Crippen LogP contribution in [-0.2, 0) is 14.2 Å². The van der Waals surface area contributed by atoms with Crippen LogP contribution in [0.3, 0.4) is 0 Å². The van der Waals surface area contributed by atoms with Gasteiger partial charge in [-0.1, -0.05) is 101 Å². The van der Waals surface area contributed by atoms with Crippen molar-refractivity contribution >= 4 is 0 Å². The average molecular weight is 469 g/mol. The lowest BCUT2D eigenvalue weighted by atomic mass is 9.84. The van der Waals surface area contributed by atoms with E-state index in [1.807, 2.05) is 0 Å². The van der Waals surface area contributed by atoms with E-state index in [1.54, 1.807) is 0 Å². The molecule has 1 saturated heterocycles. The van der Waals surface area contributed by atoms with Crippen molar-refractivity contribution in [2.45, 2.75) is 135 Å². The van der Waals surface area contributed by atoms with Gasteiger partial charge in [-0.2, -0.15) is 0 Å². The smallest absolute Gasteiger partial charge is 0.0664 e. The van der Waals surface area contributed by atoms with Crippen molar-refractivity contribution in [1.29, 1.82) is 0 Å². The topological polar surface area (TPSA) is 27.7 Å². The van der Waals surface area contributed by atoms with Crippen LogP contribution in [0, 0.1) is 16.2 Å². The molecule has 0 aromatic rings. The first-order valence-electron chi connectivity index (χ1n) is 12.4. The van der Waals surface area contributed by atoms with Crippen molar-refractivity contribution in [2.75, 3.05) is 19.8 Å². The lowest BCUT2D eigenvalue weighted by Crippen LogP contribution is -2.32. The molecule has 0 saturated carbocycles. The highest BCUT2D eigenvalue weighted by Gasteiger charge is 2.28. The summed E-state index contributed by atoms with van der Waals surface area (Å²) in [4.78, 5) is 0. The molecular weight excluding hydrogens is 408 g/mol. The van der Waals surface area contributed by atoms with Crippen LogP contribution in [0.5, 0.6) is 0 Å². The van der Waals surface area contributed by atoms with E-state index in [2.05, 4.69) is 87.5 Å². The Labute approximate surface area is 208 Å². The van der Waals surface area contributed by atoms with E-state index in [0.29, 0.717) is 29.1 Å². The maximum absolute atomic E-state index is 5.64. The second-order valence-electron chi connectivity index (χ2n) is 12.6. The van der Waals surface area contributed by atoms with Gasteiger partial charge in [0.25, 0.3) is 0 Å². The third kappa shape index (κ3) is 14.4. The molecule has 0 aromatic heterocycles. The molecule has 0 bridgehead atoms. The molecule has 0 N–H and O–H groups in total. The molecule has 3 aliphatic heterocycles. The van der Waals surface area contributed by atoms with Gasteiger partial charge in [-0.3, -0.25) is 0 Å². The molecule has 3 rings (SSSR count). The van der Waals surface area contributed by atoms with Crippen LogP contribution >= 0.6 is 0 Å². The molecule has 198 valence electrons. The summed E-state index contributed by atoms with van der Waals surface area (Å²) in [5, 5.41) is 0. The minimum Gasteiger partial charge on any atom is -0.378 e. The molecule has 3 atom stereocenters. The van der Waals surface area contributed by atoms with Gasteiger partial charge < -0.3 is 14.2 Å². The highest BCUT2D eigenvalue weighted by atomic mass is 16.5. The first kappa shape index (κ1) is 34.5. The summed E-state index contributed by atoms with van der Waals surface area (Å²) in [7, 11) is 0. The fraction of sp³-hybridized carbons (Fsp3) is 0.867. The normalized spacial score (nSPS) is 25.6. The Balaban J connectivity index is 0. The van der Waals surface area contributed by atoms with Crippen LogP contribution in [0.15, 0.2) is 23.8 Å². The molecule has 33 heavy (non-hydrogen) atoms. The fourth-order valence-electron chi connectivity index (χ4n) is 3.85. The summed E-state index contributed by atoms with van der Waals surface area (Å²) >= 11 is 0. The van der Waals surface area contributed by atoms with E-state index in [1.165, 1.54) is 24.8 Å². The van der Waals surface area contributed by atoms with E-state index in [4.69, 9.17) is 14.2 Å². The van der Waals surface area contributed by atoms with Crippen LogP contribution in [-0.4, -0.2) is 38.1 Å². The van der Waals surface area contributed by atoms with E-state index < -0.39 is 0 Å². The van der Waals surface area contributed by atoms with Gasteiger partial charge in [-0.15, -0.1) is 0 Å². The van der Waals surface area contributed by atoms with Crippen molar-refractivity contribution < 1.29 is 14.2 Å². The van der Waals surface area contributed by atoms with Gasteiger partial charge in [0.1, 0.15) is 0 Å². The summed E-state index contributed by atoms with van der Waals surface area (Å²) in [6.45, 7) is 24.9. The molecule has 0 amide bonds. The summed E-state index contributed by atoms with van der Waals surface area (Å²) < 4.78 is 16.8. The van der Waals surface area contributed by atoms with Gasteiger partial charge in [0.05, 0.1) is 31.5 Å². The Morgan fingerprint density at radius 2 is 1.21 bits per heavy atom. The van der Waals surface area contributed by atoms with E-state index >= 15 is 0 Å². The van der Waals surface area contributed by atoms with E-state index in [9.17, 15) is 0 Å². The predicted molar refractivity (Wildman–Crippen MR) is 147 cm³/mol. The van der Waals surface area contributed by atoms with Gasteiger partial charge in [0, 0.05) is 6.61 Å². The standard InChI is InChI=1S/C10H18O.C9H18O.C9H16O.2CH4/c1-8-5-6-11-9(7-8)10(2,3)4;2*1-9(2,3)8-6-4-5-7-10-8;;/h5,9H,6-7H2,1-4H3;8H,4-7H2,1-3H3;4-5,8H,6-7H2,1-3H3;2*1H4. The van der Waals surface area contributed by atoms with Crippen molar-refractivity contribution in [1.82, 2.24) is 0 Å². The molecular formula is C30H60O3. The predicted octanol–water partition coefficient (Wildman–Crippen LogP) is 9.02. The second kappa shape index (κ2) is 15.4. The summed E-state index contributed by atoms with van der Waals surface area (Å²) in [6.07, 6.45) is 13.8. The Bertz CT molecular complexity index is 549. The molecule has 3 heteroatoms. The maximum Gasteiger partial charge on any atom is 0.0664 e. The lowest BCUT2D eigenvalue weighted by molar-refractivity contribution is -0.0474. The first-order chi connectivity index (χ1) is 14.2. The first-order valence-corrected chi connectivity index (χ1v) is 12.4. The van der Waals surface area contributed by atoms with Gasteiger partial charge in [-0.25, -0.2) is 0 Å². The molecule has 0 aromatic carbocycles.